The predicted molar refractivity (Wildman–Crippen MR) is 101 cm³/mol. The molecule has 1 saturated heterocycles. The zero-order chi connectivity index (χ0) is 17.1. The number of hydrogen-bond donors (Lipinski definition) is 3. The summed E-state index contributed by atoms with van der Waals surface area (Å²) in [5.74, 6) is 0. The second kappa shape index (κ2) is 7.19. The van der Waals surface area contributed by atoms with E-state index in [-0.39, 0.29) is 5.17 Å². The van der Waals surface area contributed by atoms with Crippen LogP contribution >= 0.6 is 11.8 Å². The van der Waals surface area contributed by atoms with E-state index in [2.05, 4.69) is 41.1 Å². The highest BCUT2D eigenvalue weighted by atomic mass is 32.2. The van der Waals surface area contributed by atoms with Crippen molar-refractivity contribution in [3.63, 3.8) is 0 Å². The number of aromatic nitrogens is 1. The molecule has 0 amide bonds. The van der Waals surface area contributed by atoms with Gasteiger partial charge in [-0.25, -0.2) is 0 Å². The van der Waals surface area contributed by atoms with Gasteiger partial charge in [-0.3, -0.25) is 20.7 Å². The van der Waals surface area contributed by atoms with Crippen molar-refractivity contribution in [3.8, 4) is 0 Å². The number of hydrogen-bond acceptors (Lipinski definition) is 5. The molecule has 0 aliphatic carbocycles. The summed E-state index contributed by atoms with van der Waals surface area (Å²) >= 11 is 1.01. The van der Waals surface area contributed by atoms with E-state index in [1.54, 1.807) is 0 Å². The van der Waals surface area contributed by atoms with Crippen molar-refractivity contribution in [2.24, 2.45) is 5.73 Å². The molecule has 1 unspecified atom stereocenters. The number of piperazine rings is 1. The van der Waals surface area contributed by atoms with Crippen LogP contribution in [0.3, 0.4) is 0 Å². The Kier molecular flexibility index (Phi) is 5.01. The molecule has 24 heavy (non-hydrogen) atoms. The molecule has 7 heteroatoms. The van der Waals surface area contributed by atoms with Crippen molar-refractivity contribution in [1.29, 1.82) is 10.8 Å². The molecular weight excluding hydrogens is 320 g/mol. The quantitative estimate of drug-likeness (QED) is 0.576. The molecule has 2 aromatic rings. The Labute approximate surface area is 146 Å². The third-order valence-electron chi connectivity index (χ3n) is 4.47. The van der Waals surface area contributed by atoms with Gasteiger partial charge in [0.15, 0.2) is 10.3 Å². The van der Waals surface area contributed by atoms with Crippen LogP contribution in [0.1, 0.15) is 18.5 Å². The first-order valence-corrected chi connectivity index (χ1v) is 8.80. The Hall–Kier alpha value is -2.12. The Bertz CT molecular complexity index is 754. The van der Waals surface area contributed by atoms with Crippen molar-refractivity contribution >= 4 is 33.0 Å². The van der Waals surface area contributed by atoms with Gasteiger partial charge in [0.05, 0.1) is 5.52 Å². The van der Waals surface area contributed by atoms with E-state index in [0.29, 0.717) is 11.2 Å². The van der Waals surface area contributed by atoms with Gasteiger partial charge >= 0.3 is 0 Å². The second-order valence-corrected chi connectivity index (χ2v) is 6.96. The van der Waals surface area contributed by atoms with Crippen molar-refractivity contribution in [2.75, 3.05) is 26.2 Å². The molecule has 1 atom stereocenters. The zero-order valence-electron chi connectivity index (χ0n) is 13.7. The molecule has 1 aromatic heterocycles. The van der Waals surface area contributed by atoms with E-state index in [9.17, 15) is 0 Å². The van der Waals surface area contributed by atoms with Gasteiger partial charge in [0.25, 0.3) is 0 Å². The molecule has 3 rings (SSSR count). The lowest BCUT2D eigenvalue weighted by Gasteiger charge is -2.38. The van der Waals surface area contributed by atoms with Gasteiger partial charge in [-0.1, -0.05) is 18.2 Å². The van der Waals surface area contributed by atoms with Crippen molar-refractivity contribution in [2.45, 2.75) is 13.0 Å². The molecular formula is C17H22N6S. The summed E-state index contributed by atoms with van der Waals surface area (Å²) in [6, 6.07) is 10.8. The number of nitrogens with zero attached hydrogens (tertiary/aromatic N) is 3. The fourth-order valence-corrected chi connectivity index (χ4v) is 3.56. The lowest BCUT2D eigenvalue weighted by atomic mass is 10.0. The first-order chi connectivity index (χ1) is 11.5. The molecule has 0 radical (unpaired) electrons. The Morgan fingerprint density at radius 3 is 2.67 bits per heavy atom. The Morgan fingerprint density at radius 2 is 1.96 bits per heavy atom. The summed E-state index contributed by atoms with van der Waals surface area (Å²) in [6.45, 7) is 5.57. The van der Waals surface area contributed by atoms with Gasteiger partial charge in [0.2, 0.25) is 0 Å². The molecule has 1 aliphatic rings. The Morgan fingerprint density at radius 1 is 1.21 bits per heavy atom. The van der Waals surface area contributed by atoms with Crippen LogP contribution in [0.15, 0.2) is 36.5 Å². The predicted octanol–water partition coefficient (Wildman–Crippen LogP) is 2.47. The van der Waals surface area contributed by atoms with Crippen LogP contribution in [0.25, 0.3) is 10.9 Å². The van der Waals surface area contributed by atoms with E-state index in [0.717, 1.165) is 48.8 Å². The monoisotopic (exact) mass is 342 g/mol. The number of fused-ring (bicyclic) bond motifs is 1. The maximum atomic E-state index is 7.98. The van der Waals surface area contributed by atoms with Gasteiger partial charge in [-0.2, -0.15) is 0 Å². The Balaban J connectivity index is 1.64. The standard InChI is InChI=1S/C17H22N6S/c1-12(14-5-4-13-3-2-6-21-15(13)11-14)22-7-9-23(10-8-22)17(20)24-16(18)19/h2-6,11-12,20H,7-10H2,1H3,(H3,18,19). The maximum absolute atomic E-state index is 7.98. The number of thioether (sulfide) groups is 1. The minimum Gasteiger partial charge on any atom is -0.378 e. The number of rotatable bonds is 2. The molecule has 126 valence electrons. The smallest absolute Gasteiger partial charge is 0.164 e. The first kappa shape index (κ1) is 16.7. The molecule has 0 saturated carbocycles. The molecule has 2 heterocycles. The van der Waals surface area contributed by atoms with Crippen molar-refractivity contribution in [3.05, 3.63) is 42.1 Å². The van der Waals surface area contributed by atoms with E-state index >= 15 is 0 Å². The number of pyridine rings is 1. The molecule has 1 aliphatic heterocycles. The summed E-state index contributed by atoms with van der Waals surface area (Å²) in [6.07, 6.45) is 1.83. The molecule has 6 nitrogen and oxygen atoms in total. The number of nitrogens with two attached hydrogens (primary N) is 1. The summed E-state index contributed by atoms with van der Waals surface area (Å²) in [5, 5.41) is 16.8. The van der Waals surface area contributed by atoms with Gasteiger partial charge in [-0.05, 0) is 36.4 Å². The third-order valence-corrected chi connectivity index (χ3v) is 5.14. The van der Waals surface area contributed by atoms with Crippen LogP contribution in [0.5, 0.6) is 0 Å². The third kappa shape index (κ3) is 3.68. The number of benzene rings is 1. The lowest BCUT2D eigenvalue weighted by Crippen LogP contribution is -2.48. The van der Waals surface area contributed by atoms with E-state index in [1.165, 1.54) is 5.56 Å². The lowest BCUT2D eigenvalue weighted by molar-refractivity contribution is 0.142. The van der Waals surface area contributed by atoms with Gasteiger partial charge in [-0.15, -0.1) is 0 Å². The summed E-state index contributed by atoms with van der Waals surface area (Å²) < 4.78 is 0. The summed E-state index contributed by atoms with van der Waals surface area (Å²) in [7, 11) is 0. The highest BCUT2D eigenvalue weighted by Crippen LogP contribution is 2.25. The second-order valence-electron chi connectivity index (χ2n) is 5.93. The molecule has 1 aromatic carbocycles. The van der Waals surface area contributed by atoms with E-state index < -0.39 is 0 Å². The molecule has 1 fully saturated rings. The fraction of sp³-hybridized carbons (Fsp3) is 0.353. The van der Waals surface area contributed by atoms with Gasteiger partial charge < -0.3 is 10.6 Å². The normalized spacial score (nSPS) is 17.0. The van der Waals surface area contributed by atoms with Crippen LogP contribution in [-0.4, -0.2) is 51.3 Å². The summed E-state index contributed by atoms with van der Waals surface area (Å²) in [4.78, 5) is 8.85. The highest BCUT2D eigenvalue weighted by Gasteiger charge is 2.24. The van der Waals surface area contributed by atoms with Crippen molar-refractivity contribution < 1.29 is 0 Å². The average molecular weight is 342 g/mol. The molecule has 4 N–H and O–H groups in total. The van der Waals surface area contributed by atoms with Crippen LogP contribution in [0, 0.1) is 10.8 Å². The topological polar surface area (TPSA) is 93.1 Å². The largest absolute Gasteiger partial charge is 0.378 e. The zero-order valence-corrected chi connectivity index (χ0v) is 14.5. The van der Waals surface area contributed by atoms with Gasteiger partial charge in [0.1, 0.15) is 0 Å². The first-order valence-electron chi connectivity index (χ1n) is 7.98. The van der Waals surface area contributed by atoms with Crippen LogP contribution in [0.2, 0.25) is 0 Å². The minimum absolute atomic E-state index is 0.0283. The number of amidine groups is 2. The van der Waals surface area contributed by atoms with Crippen LogP contribution in [0.4, 0.5) is 0 Å². The van der Waals surface area contributed by atoms with Crippen LogP contribution in [-0.2, 0) is 0 Å². The fourth-order valence-electron chi connectivity index (χ4n) is 3.04. The molecule has 0 spiro atoms. The maximum Gasteiger partial charge on any atom is 0.164 e. The van der Waals surface area contributed by atoms with Crippen molar-refractivity contribution in [1.82, 2.24) is 14.8 Å². The van der Waals surface area contributed by atoms with Crippen LogP contribution < -0.4 is 5.73 Å². The van der Waals surface area contributed by atoms with Gasteiger partial charge in [0, 0.05) is 43.8 Å². The summed E-state index contributed by atoms with van der Waals surface area (Å²) in [5.41, 5.74) is 7.65. The highest BCUT2D eigenvalue weighted by molar-refractivity contribution is 8.26. The molecule has 0 bridgehead atoms. The number of nitrogens with one attached hydrogen (secondary N) is 2. The minimum atomic E-state index is -0.0283. The van der Waals surface area contributed by atoms with E-state index in [4.69, 9.17) is 16.6 Å². The average Bonchev–Trinajstić information content (AvgIpc) is 2.60. The SMILES string of the molecule is CC(c1ccc2cccnc2c1)N1CCN(C(=N)SC(=N)N)CC1. The van der Waals surface area contributed by atoms with E-state index in [1.807, 2.05) is 17.2 Å².